The Kier molecular flexibility index (Phi) is 9.10. The Morgan fingerprint density at radius 1 is 1.03 bits per heavy atom. The third kappa shape index (κ3) is 7.31. The maximum Gasteiger partial charge on any atom is 0.258 e. The lowest BCUT2D eigenvalue weighted by Crippen LogP contribution is -2.62. The average Bonchev–Trinajstić information content (AvgIpc) is 2.92. The Balaban J connectivity index is 1.39. The van der Waals surface area contributed by atoms with E-state index in [1.807, 2.05) is 12.1 Å². The van der Waals surface area contributed by atoms with Gasteiger partial charge in [0.05, 0.1) is 30.6 Å². The SMILES string of the molecule is CS(=O)(=O)N[C@@H]1CC[C@H]2CCOc3ccccc3C(=O)N3CCN(CC4CCCCC4)C[C@H]3C(=O)NC[C@H]1O2. The van der Waals surface area contributed by atoms with Gasteiger partial charge < -0.3 is 19.7 Å². The molecular weight excluding hydrogens is 520 g/mol. The lowest BCUT2D eigenvalue weighted by Gasteiger charge is -2.43. The summed E-state index contributed by atoms with van der Waals surface area (Å²) >= 11 is 0. The Hall–Kier alpha value is -2.21. The van der Waals surface area contributed by atoms with Crippen molar-refractivity contribution in [1.29, 1.82) is 0 Å². The number of piperazine rings is 1. The smallest absolute Gasteiger partial charge is 0.258 e. The molecule has 3 fully saturated rings. The number of sulfonamides is 1. The van der Waals surface area contributed by atoms with E-state index in [1.165, 1.54) is 32.1 Å². The van der Waals surface area contributed by atoms with E-state index in [4.69, 9.17) is 9.47 Å². The quantitative estimate of drug-likeness (QED) is 0.574. The van der Waals surface area contributed by atoms with Crippen molar-refractivity contribution in [2.24, 2.45) is 5.92 Å². The van der Waals surface area contributed by atoms with E-state index >= 15 is 0 Å². The van der Waals surface area contributed by atoms with Crippen LogP contribution in [0.3, 0.4) is 0 Å². The minimum atomic E-state index is -3.44. The molecule has 2 amide bonds. The van der Waals surface area contributed by atoms with Gasteiger partial charge in [-0.25, -0.2) is 13.1 Å². The number of para-hydroxylation sites is 1. The Bertz CT molecular complexity index is 1120. The third-order valence-electron chi connectivity index (χ3n) is 8.54. The number of ether oxygens (including phenoxy) is 2. The normalized spacial score (nSPS) is 29.9. The zero-order chi connectivity index (χ0) is 27.4. The molecule has 0 aromatic heterocycles. The second-order valence-corrected chi connectivity index (χ2v) is 13.3. The third-order valence-corrected chi connectivity index (χ3v) is 9.27. The van der Waals surface area contributed by atoms with Crippen molar-refractivity contribution >= 4 is 21.8 Å². The van der Waals surface area contributed by atoms with Gasteiger partial charge >= 0.3 is 0 Å². The first kappa shape index (κ1) is 28.3. The molecule has 0 radical (unpaired) electrons. The van der Waals surface area contributed by atoms with Gasteiger partial charge in [-0.15, -0.1) is 0 Å². The first-order valence-corrected chi connectivity index (χ1v) is 16.3. The van der Waals surface area contributed by atoms with Crippen LogP contribution in [0.15, 0.2) is 24.3 Å². The van der Waals surface area contributed by atoms with E-state index in [0.29, 0.717) is 56.2 Å². The number of nitrogens with one attached hydrogen (secondary N) is 2. The van der Waals surface area contributed by atoms with E-state index in [1.54, 1.807) is 17.0 Å². The molecule has 216 valence electrons. The van der Waals surface area contributed by atoms with Crippen molar-refractivity contribution in [1.82, 2.24) is 19.8 Å². The molecule has 3 heterocycles. The molecule has 5 rings (SSSR count). The van der Waals surface area contributed by atoms with Crippen molar-refractivity contribution in [3.05, 3.63) is 29.8 Å². The Morgan fingerprint density at radius 2 is 1.82 bits per heavy atom. The summed E-state index contributed by atoms with van der Waals surface area (Å²) < 4.78 is 39.1. The van der Waals surface area contributed by atoms with Crippen LogP contribution in [-0.4, -0.2) is 99.9 Å². The van der Waals surface area contributed by atoms with Gasteiger partial charge in [-0.1, -0.05) is 31.4 Å². The minimum Gasteiger partial charge on any atom is -0.493 e. The number of rotatable bonds is 4. The van der Waals surface area contributed by atoms with E-state index in [0.717, 1.165) is 19.3 Å². The number of carbonyl (C=O) groups is 2. The molecule has 0 unspecified atom stereocenters. The minimum absolute atomic E-state index is 0.132. The predicted molar refractivity (Wildman–Crippen MR) is 147 cm³/mol. The van der Waals surface area contributed by atoms with E-state index in [9.17, 15) is 18.0 Å². The number of hydrogen-bond acceptors (Lipinski definition) is 7. The molecule has 2 N–H and O–H groups in total. The average molecular weight is 563 g/mol. The summed E-state index contributed by atoms with van der Waals surface area (Å²) in [4.78, 5) is 31.6. The molecule has 2 saturated heterocycles. The second-order valence-electron chi connectivity index (χ2n) is 11.5. The van der Waals surface area contributed by atoms with Crippen LogP contribution in [0, 0.1) is 5.92 Å². The summed E-state index contributed by atoms with van der Waals surface area (Å²) in [6.45, 7) is 3.13. The van der Waals surface area contributed by atoms with Crippen LogP contribution in [0.4, 0.5) is 0 Å². The molecule has 1 aliphatic carbocycles. The van der Waals surface area contributed by atoms with Crippen LogP contribution in [0.2, 0.25) is 0 Å². The van der Waals surface area contributed by atoms with Crippen molar-refractivity contribution in [3.63, 3.8) is 0 Å². The van der Waals surface area contributed by atoms with Gasteiger partial charge in [-0.2, -0.15) is 0 Å². The van der Waals surface area contributed by atoms with Gasteiger partial charge in [0, 0.05) is 45.2 Å². The van der Waals surface area contributed by atoms with Crippen LogP contribution in [0.1, 0.15) is 61.7 Å². The van der Waals surface area contributed by atoms with Gasteiger partial charge in [-0.05, 0) is 43.7 Å². The summed E-state index contributed by atoms with van der Waals surface area (Å²) in [7, 11) is -3.44. The molecule has 1 aromatic carbocycles. The molecule has 39 heavy (non-hydrogen) atoms. The molecule has 10 nitrogen and oxygen atoms in total. The number of hydrogen-bond donors (Lipinski definition) is 2. The monoisotopic (exact) mass is 562 g/mol. The highest BCUT2D eigenvalue weighted by molar-refractivity contribution is 7.88. The fourth-order valence-electron chi connectivity index (χ4n) is 6.52. The zero-order valence-corrected chi connectivity index (χ0v) is 23.7. The van der Waals surface area contributed by atoms with Crippen LogP contribution < -0.4 is 14.8 Å². The molecule has 4 aliphatic rings. The lowest BCUT2D eigenvalue weighted by molar-refractivity contribution is -0.130. The van der Waals surface area contributed by atoms with Gasteiger partial charge in [0.25, 0.3) is 5.91 Å². The fourth-order valence-corrected chi connectivity index (χ4v) is 7.34. The van der Waals surface area contributed by atoms with Crippen molar-refractivity contribution in [3.8, 4) is 5.75 Å². The van der Waals surface area contributed by atoms with Crippen LogP contribution >= 0.6 is 0 Å². The van der Waals surface area contributed by atoms with Crippen LogP contribution in [-0.2, 0) is 19.6 Å². The van der Waals surface area contributed by atoms with Crippen molar-refractivity contribution < 1.29 is 27.5 Å². The number of fused-ring (bicyclic) bond motifs is 4. The summed E-state index contributed by atoms with van der Waals surface area (Å²) in [6, 6.07) is 6.13. The highest BCUT2D eigenvalue weighted by atomic mass is 32.2. The van der Waals surface area contributed by atoms with Gasteiger partial charge in [0.2, 0.25) is 15.9 Å². The van der Waals surface area contributed by atoms with Crippen LogP contribution in [0.5, 0.6) is 5.75 Å². The fraction of sp³-hybridized carbons (Fsp3) is 0.714. The number of amides is 2. The van der Waals surface area contributed by atoms with Gasteiger partial charge in [-0.3, -0.25) is 14.5 Å². The Labute approximate surface area is 231 Å². The molecule has 3 aliphatic heterocycles. The number of carbonyl (C=O) groups excluding carboxylic acids is 2. The van der Waals surface area contributed by atoms with E-state index in [2.05, 4.69) is 14.9 Å². The first-order valence-electron chi connectivity index (χ1n) is 14.4. The van der Waals surface area contributed by atoms with Gasteiger partial charge in [0.15, 0.2) is 0 Å². The highest BCUT2D eigenvalue weighted by Gasteiger charge is 2.39. The van der Waals surface area contributed by atoms with Crippen LogP contribution in [0.25, 0.3) is 0 Å². The molecule has 2 bridgehead atoms. The molecule has 0 spiro atoms. The maximum atomic E-state index is 13.8. The zero-order valence-electron chi connectivity index (χ0n) is 22.8. The highest BCUT2D eigenvalue weighted by Crippen LogP contribution is 2.28. The topological polar surface area (TPSA) is 117 Å². The van der Waals surface area contributed by atoms with Crippen molar-refractivity contribution in [2.75, 3.05) is 45.6 Å². The first-order chi connectivity index (χ1) is 18.8. The van der Waals surface area contributed by atoms with E-state index in [-0.39, 0.29) is 24.5 Å². The summed E-state index contributed by atoms with van der Waals surface area (Å²) in [5.41, 5.74) is 0.466. The van der Waals surface area contributed by atoms with Gasteiger partial charge in [0.1, 0.15) is 11.8 Å². The summed E-state index contributed by atoms with van der Waals surface area (Å²) in [5.74, 6) is 0.698. The number of nitrogens with zero attached hydrogens (tertiary/aromatic N) is 2. The molecular formula is C28H42N4O6S. The Morgan fingerprint density at radius 3 is 2.62 bits per heavy atom. The van der Waals surface area contributed by atoms with E-state index < -0.39 is 28.2 Å². The molecule has 1 saturated carbocycles. The predicted octanol–water partition coefficient (Wildman–Crippen LogP) is 1.76. The largest absolute Gasteiger partial charge is 0.493 e. The maximum absolute atomic E-state index is 13.8. The second kappa shape index (κ2) is 12.5. The lowest BCUT2D eigenvalue weighted by atomic mass is 9.88. The standard InChI is InChI=1S/C28H42N4O6S/c1-39(35,36)30-23-12-11-21-13-16-37-25-10-6-5-9-22(25)28(34)32-15-14-31(18-20-7-3-2-4-8-20)19-24(32)27(33)29-17-26(23)38-21/h5-6,9-10,20-21,23-24,26,30H,2-4,7-8,11-19H2,1H3,(H,29,33)/t21-,23+,24-,26+/m0/s1. The number of benzene rings is 1. The summed E-state index contributed by atoms with van der Waals surface area (Å²) in [5, 5.41) is 3.03. The molecule has 11 heteroatoms. The molecule has 4 atom stereocenters. The molecule has 1 aromatic rings. The van der Waals surface area contributed by atoms with Crippen molar-refractivity contribution in [2.45, 2.75) is 75.7 Å². The summed E-state index contributed by atoms with van der Waals surface area (Å²) in [6.07, 6.45) is 8.63.